The van der Waals surface area contributed by atoms with E-state index in [-0.39, 0.29) is 16.9 Å². The van der Waals surface area contributed by atoms with E-state index in [2.05, 4.69) is 21.9 Å². The lowest BCUT2D eigenvalue weighted by molar-refractivity contribution is 0.0351. The predicted octanol–water partition coefficient (Wildman–Crippen LogP) is 0.368. The normalized spacial score (nSPS) is 18.5. The highest BCUT2D eigenvalue weighted by molar-refractivity contribution is 7.89. The van der Waals surface area contributed by atoms with Crippen molar-refractivity contribution in [3.63, 3.8) is 0 Å². The van der Waals surface area contributed by atoms with E-state index in [1.54, 1.807) is 25.3 Å². The first-order valence-corrected chi connectivity index (χ1v) is 11.5. The summed E-state index contributed by atoms with van der Waals surface area (Å²) in [6.07, 6.45) is 1.33. The molecule has 0 radical (unpaired) electrons. The third kappa shape index (κ3) is 4.62. The molecule has 6 N–H and O–H groups in total. The number of hydrogen-bond donors (Lipinski definition) is 5. The average Bonchev–Trinajstić information content (AvgIpc) is 3.32. The van der Waals surface area contributed by atoms with Crippen molar-refractivity contribution in [1.29, 1.82) is 0 Å². The van der Waals surface area contributed by atoms with Crippen molar-refractivity contribution in [1.82, 2.24) is 26.8 Å². The molecule has 31 heavy (non-hydrogen) atoms. The molecule has 0 saturated carbocycles. The Balaban J connectivity index is 1.63. The van der Waals surface area contributed by atoms with Crippen molar-refractivity contribution in [3.05, 3.63) is 53.6 Å². The smallest absolute Gasteiger partial charge is 0.253 e. The molecular formula is C20H26N6O4S. The highest BCUT2D eigenvalue weighted by Crippen LogP contribution is 2.32. The zero-order chi connectivity index (χ0) is 22.0. The van der Waals surface area contributed by atoms with Crippen LogP contribution in [0.4, 0.5) is 0 Å². The van der Waals surface area contributed by atoms with Crippen LogP contribution in [-0.2, 0) is 14.8 Å². The molecule has 11 heteroatoms. The van der Waals surface area contributed by atoms with Gasteiger partial charge in [0.2, 0.25) is 10.0 Å². The minimum atomic E-state index is -3.95. The standard InChI is InChI=1S/C20H26N6O4S/c1-30-15-9-11-26(12-10-15)20(27)14-7-5-13(6-8-14)16-3-2-4-17(31(21,28)29)18(16)19-22-24-25-23-19/h2-8,15,19,22-25H,9-12H2,1H3,(H2,21,28,29). The number of sulfonamides is 1. The van der Waals surface area contributed by atoms with Gasteiger partial charge in [-0.2, -0.15) is 11.1 Å². The lowest BCUT2D eigenvalue weighted by Crippen LogP contribution is -2.40. The number of nitrogens with zero attached hydrogens (tertiary/aromatic N) is 1. The molecule has 0 aromatic heterocycles. The topological polar surface area (TPSA) is 138 Å². The molecule has 2 aromatic rings. The maximum Gasteiger partial charge on any atom is 0.253 e. The number of ether oxygens (including phenoxy) is 1. The van der Waals surface area contributed by atoms with Crippen molar-refractivity contribution < 1.29 is 17.9 Å². The van der Waals surface area contributed by atoms with Gasteiger partial charge in [-0.15, -0.1) is 0 Å². The van der Waals surface area contributed by atoms with Crippen LogP contribution in [0.15, 0.2) is 47.4 Å². The molecule has 2 aliphatic heterocycles. The third-order valence-corrected chi connectivity index (χ3v) is 6.63. The molecule has 2 heterocycles. The lowest BCUT2D eigenvalue weighted by atomic mass is 9.96. The maximum absolute atomic E-state index is 12.9. The molecule has 2 aromatic carbocycles. The largest absolute Gasteiger partial charge is 0.381 e. The van der Waals surface area contributed by atoms with E-state index in [0.29, 0.717) is 29.8 Å². The van der Waals surface area contributed by atoms with Crippen LogP contribution >= 0.6 is 0 Å². The van der Waals surface area contributed by atoms with E-state index in [9.17, 15) is 13.2 Å². The predicted molar refractivity (Wildman–Crippen MR) is 114 cm³/mol. The first-order valence-electron chi connectivity index (χ1n) is 9.98. The summed E-state index contributed by atoms with van der Waals surface area (Å²) in [4.78, 5) is 14.7. The van der Waals surface area contributed by atoms with Gasteiger partial charge in [0.1, 0.15) is 6.17 Å². The molecule has 166 valence electrons. The van der Waals surface area contributed by atoms with Gasteiger partial charge in [-0.1, -0.05) is 24.3 Å². The minimum Gasteiger partial charge on any atom is -0.381 e. The summed E-state index contributed by atoms with van der Waals surface area (Å²) in [5.41, 5.74) is 13.7. The monoisotopic (exact) mass is 446 g/mol. The molecule has 2 fully saturated rings. The molecule has 0 spiro atoms. The quantitative estimate of drug-likeness (QED) is 0.444. The maximum atomic E-state index is 12.9. The van der Waals surface area contributed by atoms with Crippen LogP contribution in [0.2, 0.25) is 0 Å². The van der Waals surface area contributed by atoms with Gasteiger partial charge in [-0.05, 0) is 42.2 Å². The van der Waals surface area contributed by atoms with Crippen molar-refractivity contribution >= 4 is 15.9 Å². The summed E-state index contributed by atoms with van der Waals surface area (Å²) in [5, 5.41) is 5.46. The molecule has 0 atom stereocenters. The van der Waals surface area contributed by atoms with E-state index < -0.39 is 16.2 Å². The molecule has 10 nitrogen and oxygen atoms in total. The Morgan fingerprint density at radius 3 is 2.29 bits per heavy atom. The fourth-order valence-electron chi connectivity index (χ4n) is 4.01. The molecular weight excluding hydrogens is 420 g/mol. The number of benzene rings is 2. The van der Waals surface area contributed by atoms with Crippen LogP contribution in [0.5, 0.6) is 0 Å². The summed E-state index contributed by atoms with van der Waals surface area (Å²) in [7, 11) is -2.25. The summed E-state index contributed by atoms with van der Waals surface area (Å²) in [5.74, 6) is -0.0212. The molecule has 2 saturated heterocycles. The third-order valence-electron chi connectivity index (χ3n) is 5.66. The number of methoxy groups -OCH3 is 1. The average molecular weight is 447 g/mol. The summed E-state index contributed by atoms with van der Waals surface area (Å²) < 4.78 is 29.7. The first-order chi connectivity index (χ1) is 14.9. The second-order valence-corrected chi connectivity index (χ2v) is 9.07. The molecule has 0 bridgehead atoms. The second-order valence-electron chi connectivity index (χ2n) is 7.54. The SMILES string of the molecule is COC1CCN(C(=O)c2ccc(-c3cccc(S(N)(=O)=O)c3C3NNNN3)cc2)CC1. The number of hydrazine groups is 3. The van der Waals surface area contributed by atoms with Gasteiger partial charge in [0.25, 0.3) is 5.91 Å². The number of rotatable bonds is 5. The number of carbonyl (C=O) groups excluding carboxylic acids is 1. The first kappa shape index (κ1) is 21.8. The van der Waals surface area contributed by atoms with Crippen LogP contribution in [0.3, 0.4) is 0 Å². The van der Waals surface area contributed by atoms with Crippen molar-refractivity contribution in [2.45, 2.75) is 30.0 Å². The number of likely N-dealkylation sites (tertiary alicyclic amines) is 1. The number of primary sulfonamides is 1. The van der Waals surface area contributed by atoms with Gasteiger partial charge >= 0.3 is 0 Å². The molecule has 4 rings (SSSR count). The van der Waals surface area contributed by atoms with E-state index in [0.717, 1.165) is 18.4 Å². The molecule has 2 aliphatic rings. The van der Waals surface area contributed by atoms with Crippen LogP contribution in [0.25, 0.3) is 11.1 Å². The summed E-state index contributed by atoms with van der Waals surface area (Å²) in [6.45, 7) is 1.33. The van der Waals surface area contributed by atoms with Crippen LogP contribution < -0.4 is 27.1 Å². The van der Waals surface area contributed by atoms with E-state index in [1.165, 1.54) is 6.07 Å². The van der Waals surface area contributed by atoms with E-state index in [1.807, 2.05) is 23.1 Å². The van der Waals surface area contributed by atoms with Gasteiger partial charge < -0.3 is 9.64 Å². The van der Waals surface area contributed by atoms with Gasteiger partial charge in [-0.3, -0.25) is 4.79 Å². The summed E-state index contributed by atoms with van der Waals surface area (Å²) >= 11 is 0. The Bertz CT molecular complexity index is 1050. The van der Waals surface area contributed by atoms with Crippen LogP contribution in [-0.4, -0.2) is 45.5 Å². The van der Waals surface area contributed by atoms with Crippen molar-refractivity contribution in [3.8, 4) is 11.1 Å². The Hall–Kier alpha value is -2.38. The highest BCUT2D eigenvalue weighted by Gasteiger charge is 2.27. The van der Waals surface area contributed by atoms with Crippen molar-refractivity contribution in [2.75, 3.05) is 20.2 Å². The Morgan fingerprint density at radius 1 is 1.06 bits per heavy atom. The number of nitrogens with one attached hydrogen (secondary N) is 4. The Morgan fingerprint density at radius 2 is 1.71 bits per heavy atom. The Kier molecular flexibility index (Phi) is 6.34. The fourth-order valence-corrected chi connectivity index (χ4v) is 4.81. The van der Waals surface area contributed by atoms with Crippen LogP contribution in [0.1, 0.15) is 34.9 Å². The van der Waals surface area contributed by atoms with Crippen molar-refractivity contribution in [2.24, 2.45) is 5.14 Å². The number of carbonyl (C=O) groups is 1. The minimum absolute atomic E-state index is 0.0154. The molecule has 1 amide bonds. The fraction of sp³-hybridized carbons (Fsp3) is 0.350. The van der Waals surface area contributed by atoms with Gasteiger partial charge in [0, 0.05) is 31.3 Å². The lowest BCUT2D eigenvalue weighted by Gasteiger charge is -2.31. The zero-order valence-corrected chi connectivity index (χ0v) is 17.9. The number of amides is 1. The number of hydrogen-bond acceptors (Lipinski definition) is 8. The molecule has 0 unspecified atom stereocenters. The number of piperidine rings is 1. The van der Waals surface area contributed by atoms with Gasteiger partial charge in [0.05, 0.1) is 11.0 Å². The number of nitrogens with two attached hydrogens (primary N) is 1. The van der Waals surface area contributed by atoms with E-state index in [4.69, 9.17) is 9.88 Å². The highest BCUT2D eigenvalue weighted by atomic mass is 32.2. The van der Waals surface area contributed by atoms with Gasteiger partial charge in [0.15, 0.2) is 0 Å². The molecule has 0 aliphatic carbocycles. The van der Waals surface area contributed by atoms with Gasteiger partial charge in [-0.25, -0.2) is 24.4 Å². The van der Waals surface area contributed by atoms with Crippen LogP contribution in [0, 0.1) is 0 Å². The Labute approximate surface area is 181 Å². The zero-order valence-electron chi connectivity index (χ0n) is 17.1. The second kappa shape index (κ2) is 9.01. The summed E-state index contributed by atoms with van der Waals surface area (Å²) in [6, 6.07) is 12.1. The van der Waals surface area contributed by atoms with E-state index >= 15 is 0 Å².